The number of hydrogen-bond acceptors (Lipinski definition) is 2. The summed E-state index contributed by atoms with van der Waals surface area (Å²) in [5, 5.41) is 3.89. The molecule has 3 aromatic rings. The quantitative estimate of drug-likeness (QED) is 0.512. The minimum Gasteiger partial charge on any atom is -0.264 e. The summed E-state index contributed by atoms with van der Waals surface area (Å²) >= 11 is 12.3. The van der Waals surface area contributed by atoms with E-state index < -0.39 is 0 Å². The van der Waals surface area contributed by atoms with Gasteiger partial charge in [-0.1, -0.05) is 23.7 Å². The molecule has 0 aliphatic heterocycles. The maximum absolute atomic E-state index is 6.51. The van der Waals surface area contributed by atoms with Gasteiger partial charge in [-0.25, -0.2) is 0 Å². The molecule has 0 bridgehead atoms. The third kappa shape index (κ3) is 2.05. The second-order valence-electron chi connectivity index (χ2n) is 4.49. The number of halogens is 2. The summed E-state index contributed by atoms with van der Waals surface area (Å²) in [5.74, 6) is 0.547. The predicted molar refractivity (Wildman–Crippen MR) is 81.2 cm³/mol. The molecule has 96 valence electrons. The molecule has 2 heterocycles. The van der Waals surface area contributed by atoms with Gasteiger partial charge in [-0.2, -0.15) is 0 Å². The van der Waals surface area contributed by atoms with E-state index >= 15 is 0 Å². The predicted octanol–water partition coefficient (Wildman–Crippen LogP) is 4.53. The van der Waals surface area contributed by atoms with Gasteiger partial charge in [0.05, 0.1) is 10.5 Å². The average Bonchev–Trinajstić information content (AvgIpc) is 2.43. The molecular weight excluding hydrogens is 279 g/mol. The number of fused-ring (bicyclic) bond motifs is 3. The van der Waals surface area contributed by atoms with Gasteiger partial charge < -0.3 is 0 Å². The van der Waals surface area contributed by atoms with Crippen LogP contribution in [0, 0.1) is 6.92 Å². The van der Waals surface area contributed by atoms with Crippen LogP contribution in [-0.2, 0) is 6.42 Å². The van der Waals surface area contributed by atoms with Crippen molar-refractivity contribution in [3.63, 3.8) is 0 Å². The number of rotatable bonds is 2. The van der Waals surface area contributed by atoms with Gasteiger partial charge in [0, 0.05) is 40.1 Å². The smallest absolute Gasteiger partial charge is 0.0799 e. The Morgan fingerprint density at radius 3 is 2.79 bits per heavy atom. The normalized spacial score (nSPS) is 11.3. The molecule has 1 aromatic carbocycles. The Morgan fingerprint density at radius 1 is 1.16 bits per heavy atom. The number of nitrogens with zero attached hydrogens (tertiary/aromatic N) is 2. The molecule has 0 aliphatic rings. The van der Waals surface area contributed by atoms with E-state index in [1.165, 1.54) is 0 Å². The van der Waals surface area contributed by atoms with E-state index in [1.54, 1.807) is 6.20 Å². The molecule has 0 radical (unpaired) electrons. The van der Waals surface area contributed by atoms with Crippen molar-refractivity contribution in [2.45, 2.75) is 13.3 Å². The second kappa shape index (κ2) is 4.95. The van der Waals surface area contributed by atoms with Crippen LogP contribution >= 0.6 is 23.2 Å². The Bertz CT molecular complexity index is 769. The molecule has 2 nitrogen and oxygen atoms in total. The van der Waals surface area contributed by atoms with Crippen molar-refractivity contribution in [2.75, 3.05) is 5.88 Å². The van der Waals surface area contributed by atoms with Crippen molar-refractivity contribution in [3.05, 3.63) is 46.9 Å². The highest BCUT2D eigenvalue weighted by molar-refractivity contribution is 6.37. The highest BCUT2D eigenvalue weighted by Crippen LogP contribution is 2.32. The molecule has 0 spiro atoms. The zero-order valence-corrected chi connectivity index (χ0v) is 12.0. The fourth-order valence-electron chi connectivity index (χ4n) is 2.39. The van der Waals surface area contributed by atoms with Crippen molar-refractivity contribution in [2.24, 2.45) is 0 Å². The minimum absolute atomic E-state index is 0.547. The summed E-state index contributed by atoms with van der Waals surface area (Å²) in [7, 11) is 0. The summed E-state index contributed by atoms with van der Waals surface area (Å²) in [5.41, 5.74) is 2.92. The molecule has 0 saturated heterocycles. The molecule has 0 amide bonds. The van der Waals surface area contributed by atoms with Gasteiger partial charge >= 0.3 is 0 Å². The standard InChI is InChI=1S/C15H12Cl2N2/c1-9-11(4-6-16)14(17)13-3-2-10-8-18-7-5-12(10)15(13)19-9/h2-3,5,7-8H,4,6H2,1H3. The van der Waals surface area contributed by atoms with Gasteiger partial charge in [0.25, 0.3) is 0 Å². The Morgan fingerprint density at radius 2 is 2.00 bits per heavy atom. The van der Waals surface area contributed by atoms with Gasteiger partial charge in [0.15, 0.2) is 0 Å². The van der Waals surface area contributed by atoms with Crippen LogP contribution in [0.5, 0.6) is 0 Å². The van der Waals surface area contributed by atoms with E-state index in [-0.39, 0.29) is 0 Å². The van der Waals surface area contributed by atoms with Crippen LogP contribution in [-0.4, -0.2) is 15.8 Å². The lowest BCUT2D eigenvalue weighted by molar-refractivity contribution is 1.08. The molecule has 0 aliphatic carbocycles. The van der Waals surface area contributed by atoms with Crippen LogP contribution in [0.2, 0.25) is 5.02 Å². The number of pyridine rings is 2. The number of alkyl halides is 1. The van der Waals surface area contributed by atoms with E-state index in [0.29, 0.717) is 5.88 Å². The number of aromatic nitrogens is 2. The molecule has 0 N–H and O–H groups in total. The minimum atomic E-state index is 0.547. The highest BCUT2D eigenvalue weighted by Gasteiger charge is 2.12. The topological polar surface area (TPSA) is 25.8 Å². The summed E-state index contributed by atoms with van der Waals surface area (Å²) in [4.78, 5) is 8.85. The van der Waals surface area contributed by atoms with Gasteiger partial charge in [-0.15, -0.1) is 11.6 Å². The van der Waals surface area contributed by atoms with Crippen LogP contribution in [0.25, 0.3) is 21.7 Å². The molecule has 2 aromatic heterocycles. The van der Waals surface area contributed by atoms with Crippen molar-refractivity contribution < 1.29 is 0 Å². The van der Waals surface area contributed by atoms with Crippen LogP contribution in [0.3, 0.4) is 0 Å². The first-order chi connectivity index (χ1) is 9.22. The molecular formula is C15H12Cl2N2. The Labute approximate surface area is 121 Å². The van der Waals surface area contributed by atoms with Crippen LogP contribution in [0.15, 0.2) is 30.6 Å². The lowest BCUT2D eigenvalue weighted by atomic mass is 10.0. The Balaban J connectivity index is 2.43. The largest absolute Gasteiger partial charge is 0.264 e. The summed E-state index contributed by atoms with van der Waals surface area (Å²) in [6, 6.07) is 6.01. The summed E-state index contributed by atoms with van der Waals surface area (Å²) in [6.45, 7) is 1.98. The zero-order valence-electron chi connectivity index (χ0n) is 10.5. The highest BCUT2D eigenvalue weighted by atomic mass is 35.5. The van der Waals surface area contributed by atoms with E-state index in [0.717, 1.165) is 44.4 Å². The molecule has 0 saturated carbocycles. The first kappa shape index (κ1) is 12.6. The Kier molecular flexibility index (Phi) is 3.29. The molecule has 4 heteroatoms. The molecule has 3 rings (SSSR count). The zero-order chi connectivity index (χ0) is 13.4. The number of benzene rings is 1. The molecule has 0 atom stereocenters. The van der Waals surface area contributed by atoms with Gasteiger partial charge in [0.2, 0.25) is 0 Å². The number of aryl methyl sites for hydroxylation is 1. The van der Waals surface area contributed by atoms with Crippen molar-refractivity contribution in [1.82, 2.24) is 9.97 Å². The third-order valence-corrected chi connectivity index (χ3v) is 3.97. The van der Waals surface area contributed by atoms with Gasteiger partial charge in [-0.05, 0) is 25.0 Å². The first-order valence-corrected chi connectivity index (χ1v) is 7.01. The average molecular weight is 291 g/mol. The van der Waals surface area contributed by atoms with Crippen molar-refractivity contribution in [1.29, 1.82) is 0 Å². The lowest BCUT2D eigenvalue weighted by Gasteiger charge is -2.11. The Hall–Kier alpha value is -1.38. The first-order valence-electron chi connectivity index (χ1n) is 6.09. The van der Waals surface area contributed by atoms with Gasteiger partial charge in [0.1, 0.15) is 0 Å². The fourth-order valence-corrected chi connectivity index (χ4v) is 2.96. The van der Waals surface area contributed by atoms with E-state index in [2.05, 4.69) is 4.98 Å². The lowest BCUT2D eigenvalue weighted by Crippen LogP contribution is -1.97. The van der Waals surface area contributed by atoms with E-state index in [4.69, 9.17) is 28.2 Å². The van der Waals surface area contributed by atoms with Crippen LogP contribution in [0.4, 0.5) is 0 Å². The van der Waals surface area contributed by atoms with Crippen LogP contribution in [0.1, 0.15) is 11.3 Å². The van der Waals surface area contributed by atoms with Crippen molar-refractivity contribution >= 4 is 44.9 Å². The maximum Gasteiger partial charge on any atom is 0.0799 e. The van der Waals surface area contributed by atoms with Crippen molar-refractivity contribution in [3.8, 4) is 0 Å². The third-order valence-electron chi connectivity index (χ3n) is 3.35. The molecule has 0 fully saturated rings. The summed E-state index contributed by atoms with van der Waals surface area (Å²) < 4.78 is 0. The maximum atomic E-state index is 6.51. The van der Waals surface area contributed by atoms with Gasteiger partial charge in [-0.3, -0.25) is 9.97 Å². The fraction of sp³-hybridized carbons (Fsp3) is 0.200. The number of hydrogen-bond donors (Lipinski definition) is 0. The molecule has 19 heavy (non-hydrogen) atoms. The van der Waals surface area contributed by atoms with E-state index in [1.807, 2.05) is 31.3 Å². The summed E-state index contributed by atoms with van der Waals surface area (Å²) in [6.07, 6.45) is 4.36. The molecule has 0 unspecified atom stereocenters. The SMILES string of the molecule is Cc1nc2c(ccc3cnccc32)c(Cl)c1CCCl. The van der Waals surface area contributed by atoms with E-state index in [9.17, 15) is 0 Å². The monoisotopic (exact) mass is 290 g/mol. The van der Waals surface area contributed by atoms with Crippen LogP contribution < -0.4 is 0 Å². The second-order valence-corrected chi connectivity index (χ2v) is 5.24.